The first-order valence-corrected chi connectivity index (χ1v) is 10.0. The zero-order valence-electron chi connectivity index (χ0n) is 16.6. The van der Waals surface area contributed by atoms with Crippen LogP contribution >= 0.6 is 0 Å². The molecule has 0 atom stereocenters. The number of nitriles is 1. The van der Waals surface area contributed by atoms with Crippen molar-refractivity contribution in [1.82, 2.24) is 9.88 Å². The third kappa shape index (κ3) is 4.64. The first-order chi connectivity index (χ1) is 14.6. The van der Waals surface area contributed by atoms with Crippen molar-refractivity contribution in [3.8, 4) is 6.07 Å². The lowest BCUT2D eigenvalue weighted by molar-refractivity contribution is -0.125. The molecule has 0 aliphatic carbocycles. The monoisotopic (exact) mass is 398 g/mol. The molecule has 2 aromatic rings. The van der Waals surface area contributed by atoms with Crippen LogP contribution in [0.4, 0.5) is 5.82 Å². The Morgan fingerprint density at radius 1 is 1.27 bits per heavy atom. The van der Waals surface area contributed by atoms with E-state index in [1.165, 1.54) is 5.57 Å². The first-order valence-electron chi connectivity index (χ1n) is 10.0. The van der Waals surface area contributed by atoms with Crippen LogP contribution in [-0.2, 0) is 22.4 Å². The van der Waals surface area contributed by atoms with Crippen molar-refractivity contribution >= 4 is 23.7 Å². The number of fused-ring (bicyclic) bond motifs is 1. The Hall–Kier alpha value is -3.72. The Morgan fingerprint density at radius 3 is 2.97 bits per heavy atom. The smallest absolute Gasteiger partial charge is 0.246 e. The van der Waals surface area contributed by atoms with Gasteiger partial charge in [-0.15, -0.1) is 0 Å². The van der Waals surface area contributed by atoms with Crippen LogP contribution in [0.2, 0.25) is 0 Å². The van der Waals surface area contributed by atoms with Crippen molar-refractivity contribution in [2.45, 2.75) is 25.7 Å². The first kappa shape index (κ1) is 19.6. The topological polar surface area (TPSA) is 86.1 Å². The lowest BCUT2D eigenvalue weighted by Gasteiger charge is -2.25. The molecule has 1 aromatic heterocycles. The summed E-state index contributed by atoms with van der Waals surface area (Å²) in [6.45, 7) is 1.27. The van der Waals surface area contributed by atoms with E-state index in [0.717, 1.165) is 29.5 Å². The van der Waals surface area contributed by atoms with Crippen LogP contribution in [0, 0.1) is 11.3 Å². The van der Waals surface area contributed by atoms with E-state index in [9.17, 15) is 9.59 Å². The van der Waals surface area contributed by atoms with Gasteiger partial charge in [0.25, 0.3) is 0 Å². The van der Waals surface area contributed by atoms with Crippen LogP contribution < -0.4 is 5.32 Å². The molecule has 0 saturated carbocycles. The van der Waals surface area contributed by atoms with Crippen molar-refractivity contribution in [3.05, 3.63) is 76.5 Å². The van der Waals surface area contributed by atoms with Gasteiger partial charge in [0.05, 0.1) is 11.6 Å². The van der Waals surface area contributed by atoms with Gasteiger partial charge in [0, 0.05) is 31.8 Å². The van der Waals surface area contributed by atoms with E-state index in [0.29, 0.717) is 37.3 Å². The molecule has 6 nitrogen and oxygen atoms in total. The van der Waals surface area contributed by atoms with E-state index >= 15 is 0 Å². The van der Waals surface area contributed by atoms with Crippen molar-refractivity contribution in [2.75, 3.05) is 18.4 Å². The predicted octanol–water partition coefficient (Wildman–Crippen LogP) is 3.25. The molecule has 30 heavy (non-hydrogen) atoms. The Bertz CT molecular complexity index is 1090. The lowest BCUT2D eigenvalue weighted by atomic mass is 9.98. The van der Waals surface area contributed by atoms with Crippen LogP contribution in [0.1, 0.15) is 35.1 Å². The van der Waals surface area contributed by atoms with Crippen molar-refractivity contribution < 1.29 is 9.59 Å². The zero-order chi connectivity index (χ0) is 20.9. The third-order valence-electron chi connectivity index (χ3n) is 5.39. The summed E-state index contributed by atoms with van der Waals surface area (Å²) < 4.78 is 0. The quantitative estimate of drug-likeness (QED) is 0.633. The van der Waals surface area contributed by atoms with Crippen LogP contribution in [0.3, 0.4) is 0 Å². The van der Waals surface area contributed by atoms with Crippen molar-refractivity contribution in [3.63, 3.8) is 0 Å². The Labute approximate surface area is 175 Å². The number of aryl methyl sites for hydroxylation is 1. The molecule has 6 heteroatoms. The van der Waals surface area contributed by atoms with Crippen molar-refractivity contribution in [1.29, 1.82) is 5.26 Å². The second-order valence-corrected chi connectivity index (χ2v) is 7.54. The lowest BCUT2D eigenvalue weighted by Crippen LogP contribution is -2.33. The van der Waals surface area contributed by atoms with E-state index in [1.807, 2.05) is 29.2 Å². The molecule has 2 aliphatic rings. The summed E-state index contributed by atoms with van der Waals surface area (Å²) in [5.74, 6) is 0.579. The highest BCUT2D eigenvalue weighted by molar-refractivity contribution is 5.94. The number of benzene rings is 1. The number of hydrogen-bond donors (Lipinski definition) is 1. The summed E-state index contributed by atoms with van der Waals surface area (Å²) in [7, 11) is 0. The maximum absolute atomic E-state index is 12.5. The number of nitrogens with one attached hydrogen (secondary N) is 1. The van der Waals surface area contributed by atoms with Crippen molar-refractivity contribution in [2.24, 2.45) is 0 Å². The molecule has 1 aromatic carbocycles. The molecular formula is C24H22N4O2. The minimum atomic E-state index is -0.0252. The van der Waals surface area contributed by atoms with Gasteiger partial charge in [-0.2, -0.15) is 5.26 Å². The second-order valence-electron chi connectivity index (χ2n) is 7.54. The SMILES string of the molecule is N#Cc1cccc(CC2=CCN(C(=O)/C=C/c3cnc4c(c3)CCC(=O)N4)CC2)c1. The van der Waals surface area contributed by atoms with Gasteiger partial charge in [0.15, 0.2) is 0 Å². The van der Waals surface area contributed by atoms with E-state index in [1.54, 1.807) is 24.4 Å². The molecule has 2 aliphatic heterocycles. The maximum Gasteiger partial charge on any atom is 0.246 e. The molecule has 1 N–H and O–H groups in total. The normalized spacial score (nSPS) is 15.9. The average Bonchev–Trinajstić information content (AvgIpc) is 2.78. The standard InChI is InChI=1S/C24H22N4O2/c25-15-19-3-1-2-18(13-19)12-17-8-10-28(11-9-17)23(30)7-4-20-14-21-5-6-22(29)27-24(21)26-16-20/h1-4,7-8,13-14,16H,5-6,9-12H2,(H,26,27,29)/b7-4+. The van der Waals surface area contributed by atoms with E-state index in [2.05, 4.69) is 22.4 Å². The molecular weight excluding hydrogens is 376 g/mol. The number of carbonyl (C=O) groups excluding carboxylic acids is 2. The number of aromatic nitrogens is 1. The molecule has 4 rings (SSSR count). The molecule has 0 bridgehead atoms. The largest absolute Gasteiger partial charge is 0.335 e. The fraction of sp³-hybridized carbons (Fsp3) is 0.250. The molecule has 0 fully saturated rings. The molecule has 150 valence electrons. The van der Waals surface area contributed by atoms with E-state index in [4.69, 9.17) is 5.26 Å². The number of amides is 2. The van der Waals surface area contributed by atoms with Crippen LogP contribution in [0.15, 0.2) is 54.3 Å². The van der Waals surface area contributed by atoms with Gasteiger partial charge in [-0.1, -0.05) is 23.8 Å². The maximum atomic E-state index is 12.5. The molecule has 0 saturated heterocycles. The van der Waals surface area contributed by atoms with Gasteiger partial charge >= 0.3 is 0 Å². The Kier molecular flexibility index (Phi) is 5.71. The minimum Gasteiger partial charge on any atom is -0.335 e. The van der Waals surface area contributed by atoms with Crippen LogP contribution in [-0.4, -0.2) is 34.8 Å². The van der Waals surface area contributed by atoms with Crippen LogP contribution in [0.5, 0.6) is 0 Å². The third-order valence-corrected chi connectivity index (χ3v) is 5.39. The summed E-state index contributed by atoms with van der Waals surface area (Å²) in [6.07, 6.45) is 9.90. The van der Waals surface area contributed by atoms with Gasteiger partial charge in [0.2, 0.25) is 11.8 Å². The summed E-state index contributed by atoms with van der Waals surface area (Å²) in [4.78, 5) is 30.1. The van der Waals surface area contributed by atoms with Gasteiger partial charge in [0.1, 0.15) is 5.82 Å². The number of anilines is 1. The Morgan fingerprint density at radius 2 is 2.17 bits per heavy atom. The molecule has 3 heterocycles. The van der Waals surface area contributed by atoms with Gasteiger partial charge < -0.3 is 10.2 Å². The average molecular weight is 398 g/mol. The minimum absolute atomic E-state index is 0.0104. The zero-order valence-corrected chi connectivity index (χ0v) is 16.6. The molecule has 0 radical (unpaired) electrons. The summed E-state index contributed by atoms with van der Waals surface area (Å²) in [6, 6.07) is 11.8. The summed E-state index contributed by atoms with van der Waals surface area (Å²) >= 11 is 0. The second kappa shape index (κ2) is 8.75. The highest BCUT2D eigenvalue weighted by Gasteiger charge is 2.17. The number of carbonyl (C=O) groups is 2. The van der Waals surface area contributed by atoms with Gasteiger partial charge in [-0.3, -0.25) is 9.59 Å². The van der Waals surface area contributed by atoms with E-state index < -0.39 is 0 Å². The summed E-state index contributed by atoms with van der Waals surface area (Å²) in [5.41, 5.74) is 4.93. The van der Waals surface area contributed by atoms with Crippen LogP contribution in [0.25, 0.3) is 6.08 Å². The fourth-order valence-electron chi connectivity index (χ4n) is 3.72. The number of hydrogen-bond acceptors (Lipinski definition) is 4. The molecule has 0 spiro atoms. The van der Waals surface area contributed by atoms with Gasteiger partial charge in [-0.25, -0.2) is 4.98 Å². The van der Waals surface area contributed by atoms with Gasteiger partial charge in [-0.05, 0) is 60.2 Å². The molecule has 2 amide bonds. The highest BCUT2D eigenvalue weighted by Crippen LogP contribution is 2.22. The fourth-order valence-corrected chi connectivity index (χ4v) is 3.72. The number of nitrogens with zero attached hydrogens (tertiary/aromatic N) is 3. The van der Waals surface area contributed by atoms with E-state index in [-0.39, 0.29) is 11.8 Å². The number of rotatable bonds is 4. The predicted molar refractivity (Wildman–Crippen MR) is 114 cm³/mol. The highest BCUT2D eigenvalue weighted by atomic mass is 16.2. The number of pyridine rings is 1. The summed E-state index contributed by atoms with van der Waals surface area (Å²) in [5, 5.41) is 11.8. The Balaban J connectivity index is 1.35. The molecule has 0 unspecified atom stereocenters.